The zero-order chi connectivity index (χ0) is 28.3. The van der Waals surface area contributed by atoms with Crippen LogP contribution < -0.4 is 10.6 Å². The Bertz CT molecular complexity index is 933. The van der Waals surface area contributed by atoms with Gasteiger partial charge in [-0.2, -0.15) is 0 Å². The molecule has 1 saturated heterocycles. The standard InChI is InChI=1S/C27H42N4O7/c1-26(2,3)37-23(33)28-18-21(29-24(34)38-27(4,5)6)12-13-22(32)30-14-16-31(17-15-30)25(35)36-19-20-10-8-7-9-11-20/h7-11,21H,12-19H2,1-6H3,(H,28,33)(H,29,34). The van der Waals surface area contributed by atoms with Gasteiger partial charge in [0.25, 0.3) is 0 Å². The summed E-state index contributed by atoms with van der Waals surface area (Å²) < 4.78 is 16.0. The molecule has 0 spiro atoms. The van der Waals surface area contributed by atoms with Gasteiger partial charge in [0.05, 0.1) is 6.04 Å². The summed E-state index contributed by atoms with van der Waals surface area (Å²) in [5.74, 6) is -0.101. The Morgan fingerprint density at radius 2 is 1.39 bits per heavy atom. The van der Waals surface area contributed by atoms with E-state index in [0.717, 1.165) is 5.56 Å². The van der Waals surface area contributed by atoms with Crippen molar-refractivity contribution in [3.8, 4) is 0 Å². The molecule has 4 amide bonds. The van der Waals surface area contributed by atoms with E-state index in [1.807, 2.05) is 30.3 Å². The molecule has 1 heterocycles. The fourth-order valence-corrected chi connectivity index (χ4v) is 3.63. The number of ether oxygens (including phenoxy) is 3. The van der Waals surface area contributed by atoms with Crippen LogP contribution in [0.1, 0.15) is 59.9 Å². The first-order chi connectivity index (χ1) is 17.7. The van der Waals surface area contributed by atoms with Gasteiger partial charge in [-0.15, -0.1) is 0 Å². The minimum atomic E-state index is -0.690. The van der Waals surface area contributed by atoms with E-state index >= 15 is 0 Å². The molecular formula is C27H42N4O7. The molecule has 11 heteroatoms. The number of piperazine rings is 1. The Labute approximate surface area is 225 Å². The number of nitrogens with zero attached hydrogens (tertiary/aromatic N) is 2. The van der Waals surface area contributed by atoms with Crippen LogP contribution in [0.4, 0.5) is 14.4 Å². The minimum Gasteiger partial charge on any atom is -0.445 e. The number of benzene rings is 1. The molecule has 1 aliphatic heterocycles. The molecule has 1 aromatic carbocycles. The molecule has 0 aliphatic carbocycles. The summed E-state index contributed by atoms with van der Waals surface area (Å²) in [6.07, 6.45) is -1.23. The van der Waals surface area contributed by atoms with Crippen molar-refractivity contribution >= 4 is 24.2 Å². The molecule has 0 radical (unpaired) electrons. The van der Waals surface area contributed by atoms with Crippen LogP contribution in [0.2, 0.25) is 0 Å². The van der Waals surface area contributed by atoms with Gasteiger partial charge in [-0.05, 0) is 53.5 Å². The molecule has 2 N–H and O–H groups in total. The van der Waals surface area contributed by atoms with Gasteiger partial charge < -0.3 is 34.6 Å². The smallest absolute Gasteiger partial charge is 0.410 e. The largest absolute Gasteiger partial charge is 0.445 e. The van der Waals surface area contributed by atoms with E-state index in [1.54, 1.807) is 51.3 Å². The number of alkyl carbamates (subject to hydrolysis) is 2. The summed E-state index contributed by atoms with van der Waals surface area (Å²) in [6, 6.07) is 8.89. The fourth-order valence-electron chi connectivity index (χ4n) is 3.63. The van der Waals surface area contributed by atoms with Crippen molar-refractivity contribution in [3.05, 3.63) is 35.9 Å². The van der Waals surface area contributed by atoms with Crippen LogP contribution >= 0.6 is 0 Å². The normalized spacial score (nSPS) is 14.8. The van der Waals surface area contributed by atoms with Crippen molar-refractivity contribution in [3.63, 3.8) is 0 Å². The lowest BCUT2D eigenvalue weighted by Gasteiger charge is -2.34. The van der Waals surface area contributed by atoms with E-state index < -0.39 is 35.5 Å². The van der Waals surface area contributed by atoms with Gasteiger partial charge in [0.15, 0.2) is 0 Å². The number of amides is 4. The topological polar surface area (TPSA) is 127 Å². The molecule has 1 unspecified atom stereocenters. The summed E-state index contributed by atoms with van der Waals surface area (Å²) in [5, 5.41) is 5.37. The van der Waals surface area contributed by atoms with E-state index in [1.165, 1.54) is 0 Å². The number of carbonyl (C=O) groups excluding carboxylic acids is 4. The molecule has 1 fully saturated rings. The van der Waals surface area contributed by atoms with Crippen molar-refractivity contribution < 1.29 is 33.4 Å². The van der Waals surface area contributed by atoms with Crippen molar-refractivity contribution in [1.29, 1.82) is 0 Å². The van der Waals surface area contributed by atoms with Gasteiger partial charge in [-0.1, -0.05) is 30.3 Å². The fraction of sp³-hybridized carbons (Fsp3) is 0.630. The number of nitrogens with one attached hydrogen (secondary N) is 2. The predicted molar refractivity (Wildman–Crippen MR) is 141 cm³/mol. The Balaban J connectivity index is 1.82. The number of rotatable bonds is 8. The monoisotopic (exact) mass is 534 g/mol. The average molecular weight is 535 g/mol. The molecule has 1 aromatic rings. The maximum Gasteiger partial charge on any atom is 0.410 e. The third kappa shape index (κ3) is 12.2. The summed E-state index contributed by atoms with van der Waals surface area (Å²) >= 11 is 0. The third-order valence-electron chi connectivity index (χ3n) is 5.41. The highest BCUT2D eigenvalue weighted by Gasteiger charge is 2.27. The predicted octanol–water partition coefficient (Wildman–Crippen LogP) is 3.67. The van der Waals surface area contributed by atoms with Crippen molar-refractivity contribution in [2.24, 2.45) is 0 Å². The maximum absolute atomic E-state index is 12.9. The Morgan fingerprint density at radius 1 is 0.842 bits per heavy atom. The molecule has 212 valence electrons. The third-order valence-corrected chi connectivity index (χ3v) is 5.41. The first-order valence-corrected chi connectivity index (χ1v) is 12.9. The zero-order valence-corrected chi connectivity index (χ0v) is 23.4. The SMILES string of the molecule is CC(C)(C)OC(=O)NCC(CCC(=O)N1CCN(C(=O)OCc2ccccc2)CC1)NC(=O)OC(C)(C)C. The van der Waals surface area contributed by atoms with Crippen LogP contribution in [0.3, 0.4) is 0 Å². The van der Waals surface area contributed by atoms with Crippen LogP contribution in [0.25, 0.3) is 0 Å². The second kappa shape index (κ2) is 13.9. The van der Waals surface area contributed by atoms with Crippen LogP contribution in [0, 0.1) is 0 Å². The summed E-state index contributed by atoms with van der Waals surface area (Å²) in [6.45, 7) is 12.3. The molecule has 1 aliphatic rings. The lowest BCUT2D eigenvalue weighted by molar-refractivity contribution is -0.133. The van der Waals surface area contributed by atoms with Gasteiger partial charge >= 0.3 is 18.3 Å². The number of carbonyl (C=O) groups is 4. The van der Waals surface area contributed by atoms with E-state index in [2.05, 4.69) is 10.6 Å². The van der Waals surface area contributed by atoms with Gasteiger partial charge in [0, 0.05) is 39.1 Å². The zero-order valence-electron chi connectivity index (χ0n) is 23.4. The Hall–Kier alpha value is -3.50. The second-order valence-corrected chi connectivity index (χ2v) is 11.2. The molecule has 2 rings (SSSR count). The summed E-state index contributed by atoms with van der Waals surface area (Å²) in [4.78, 5) is 52.9. The van der Waals surface area contributed by atoms with Gasteiger partial charge in [-0.25, -0.2) is 14.4 Å². The highest BCUT2D eigenvalue weighted by molar-refractivity contribution is 5.77. The Morgan fingerprint density at radius 3 is 1.97 bits per heavy atom. The van der Waals surface area contributed by atoms with Crippen molar-refractivity contribution in [2.45, 2.75) is 78.2 Å². The first kappa shape index (κ1) is 30.7. The molecule has 0 saturated carbocycles. The lowest BCUT2D eigenvalue weighted by Crippen LogP contribution is -2.51. The quantitative estimate of drug-likeness (QED) is 0.487. The molecular weight excluding hydrogens is 492 g/mol. The van der Waals surface area contributed by atoms with E-state index in [-0.39, 0.29) is 31.9 Å². The van der Waals surface area contributed by atoms with E-state index in [9.17, 15) is 19.2 Å². The second-order valence-electron chi connectivity index (χ2n) is 11.2. The van der Waals surface area contributed by atoms with E-state index in [0.29, 0.717) is 26.2 Å². The summed E-state index contributed by atoms with van der Waals surface area (Å²) in [5.41, 5.74) is -0.444. The average Bonchev–Trinajstić information content (AvgIpc) is 2.82. The van der Waals surface area contributed by atoms with Crippen LogP contribution in [0.5, 0.6) is 0 Å². The highest BCUT2D eigenvalue weighted by Crippen LogP contribution is 2.12. The minimum absolute atomic E-state index is 0.0719. The number of hydrogen-bond acceptors (Lipinski definition) is 7. The van der Waals surface area contributed by atoms with Crippen LogP contribution in [-0.2, 0) is 25.6 Å². The summed E-state index contributed by atoms with van der Waals surface area (Å²) in [7, 11) is 0. The van der Waals surface area contributed by atoms with Gasteiger partial charge in [-0.3, -0.25) is 4.79 Å². The molecule has 38 heavy (non-hydrogen) atoms. The van der Waals surface area contributed by atoms with E-state index in [4.69, 9.17) is 14.2 Å². The highest BCUT2D eigenvalue weighted by atomic mass is 16.6. The molecule has 1 atom stereocenters. The van der Waals surface area contributed by atoms with Gasteiger partial charge in [0.2, 0.25) is 5.91 Å². The molecule has 11 nitrogen and oxygen atoms in total. The van der Waals surface area contributed by atoms with Crippen molar-refractivity contribution in [1.82, 2.24) is 20.4 Å². The molecule has 0 bridgehead atoms. The Kier molecular flexibility index (Phi) is 11.2. The first-order valence-electron chi connectivity index (χ1n) is 12.9. The maximum atomic E-state index is 12.9. The molecule has 0 aromatic heterocycles. The number of hydrogen-bond donors (Lipinski definition) is 2. The van der Waals surface area contributed by atoms with Gasteiger partial charge in [0.1, 0.15) is 17.8 Å². The van der Waals surface area contributed by atoms with Crippen LogP contribution in [-0.4, -0.2) is 84.0 Å². The lowest BCUT2D eigenvalue weighted by atomic mass is 10.1. The van der Waals surface area contributed by atoms with Crippen LogP contribution in [0.15, 0.2) is 30.3 Å². The van der Waals surface area contributed by atoms with Crippen molar-refractivity contribution in [2.75, 3.05) is 32.7 Å².